The highest BCUT2D eigenvalue weighted by atomic mass is 16.3. The van der Waals surface area contributed by atoms with Crippen LogP contribution >= 0.6 is 0 Å². The van der Waals surface area contributed by atoms with Crippen LogP contribution in [0.1, 0.15) is 41.7 Å². The molecule has 4 aliphatic carbocycles. The van der Waals surface area contributed by atoms with Gasteiger partial charge in [0, 0.05) is 17.8 Å². The Labute approximate surface area is 132 Å². The summed E-state index contributed by atoms with van der Waals surface area (Å²) >= 11 is 0. The number of phenolic OH excluding ortho intramolecular Hbond substituents is 1. The van der Waals surface area contributed by atoms with Gasteiger partial charge in [0.05, 0.1) is 0 Å². The molecule has 0 unspecified atom stereocenters. The average Bonchev–Trinajstić information content (AvgIpc) is 2.49. The Morgan fingerprint density at radius 2 is 1.41 bits per heavy atom. The lowest BCUT2D eigenvalue weighted by Gasteiger charge is -2.15. The standard InChI is InChI=1S/C20H23NO/c1-14(2)21-13-19-17-9-7-15-3-5-16(6-4-15)8-10-18(12-11-17)20(19)22/h3-6,11-14,22H,7-10H2,1-2H3. The van der Waals surface area contributed by atoms with Gasteiger partial charge in [-0.1, -0.05) is 36.4 Å². The SMILES string of the molecule is CC(C)N=Cc1c2ccc(c1O)CCc1ccc(cc1)CC2. The van der Waals surface area contributed by atoms with Gasteiger partial charge in [-0.05, 0) is 61.8 Å². The van der Waals surface area contributed by atoms with Crippen molar-refractivity contribution in [2.45, 2.75) is 45.6 Å². The van der Waals surface area contributed by atoms with E-state index in [4.69, 9.17) is 0 Å². The first-order valence-electron chi connectivity index (χ1n) is 8.08. The van der Waals surface area contributed by atoms with Crippen LogP contribution < -0.4 is 0 Å². The smallest absolute Gasteiger partial charge is 0.127 e. The molecule has 0 heterocycles. The van der Waals surface area contributed by atoms with Crippen molar-refractivity contribution < 1.29 is 5.11 Å². The van der Waals surface area contributed by atoms with Crippen LogP contribution in [0.5, 0.6) is 5.75 Å². The van der Waals surface area contributed by atoms with Crippen molar-refractivity contribution >= 4 is 6.21 Å². The maximum absolute atomic E-state index is 10.7. The van der Waals surface area contributed by atoms with Crippen molar-refractivity contribution in [2.75, 3.05) is 0 Å². The fraction of sp³-hybridized carbons (Fsp3) is 0.350. The maximum atomic E-state index is 10.7. The molecule has 0 spiro atoms. The molecule has 1 N–H and O–H groups in total. The minimum atomic E-state index is 0.238. The van der Waals surface area contributed by atoms with E-state index >= 15 is 0 Å². The lowest BCUT2D eigenvalue weighted by Crippen LogP contribution is -2.03. The number of aliphatic imine (C=N–C) groups is 1. The highest BCUT2D eigenvalue weighted by Crippen LogP contribution is 2.28. The quantitative estimate of drug-likeness (QED) is 0.831. The molecule has 0 saturated carbocycles. The number of rotatable bonds is 2. The van der Waals surface area contributed by atoms with Crippen molar-refractivity contribution in [1.29, 1.82) is 0 Å². The Morgan fingerprint density at radius 1 is 0.864 bits per heavy atom. The zero-order chi connectivity index (χ0) is 15.5. The molecule has 2 heteroatoms. The molecular formula is C20H23NO. The third-order valence-corrected chi connectivity index (χ3v) is 4.28. The number of phenols is 1. The summed E-state index contributed by atoms with van der Waals surface area (Å²) in [7, 11) is 0. The summed E-state index contributed by atoms with van der Waals surface area (Å²) in [6, 6.07) is 13.3. The molecule has 2 aromatic rings. The van der Waals surface area contributed by atoms with E-state index in [0.717, 1.165) is 36.8 Å². The number of hydrogen-bond acceptors (Lipinski definition) is 2. The van der Waals surface area contributed by atoms with Crippen molar-refractivity contribution in [3.05, 3.63) is 64.2 Å². The minimum absolute atomic E-state index is 0.238. The average molecular weight is 293 g/mol. The van der Waals surface area contributed by atoms with Gasteiger partial charge in [-0.15, -0.1) is 0 Å². The van der Waals surface area contributed by atoms with Crippen molar-refractivity contribution in [1.82, 2.24) is 0 Å². The van der Waals surface area contributed by atoms with E-state index in [0.29, 0.717) is 5.75 Å². The summed E-state index contributed by atoms with van der Waals surface area (Å²) in [5, 5.41) is 10.7. The molecule has 0 saturated heterocycles. The number of benzene rings is 2. The highest BCUT2D eigenvalue weighted by molar-refractivity contribution is 5.86. The Bertz CT molecular complexity index is 684. The van der Waals surface area contributed by atoms with Gasteiger partial charge in [0.2, 0.25) is 0 Å². The summed E-state index contributed by atoms with van der Waals surface area (Å²) in [5.41, 5.74) is 5.76. The lowest BCUT2D eigenvalue weighted by molar-refractivity contribution is 0.466. The third kappa shape index (κ3) is 3.22. The molecule has 0 aromatic heterocycles. The zero-order valence-corrected chi connectivity index (χ0v) is 13.3. The first-order chi connectivity index (χ1) is 10.6. The molecule has 22 heavy (non-hydrogen) atoms. The normalized spacial score (nSPS) is 14.5. The second-order valence-corrected chi connectivity index (χ2v) is 6.33. The van der Waals surface area contributed by atoms with Gasteiger partial charge >= 0.3 is 0 Å². The first kappa shape index (κ1) is 14.8. The van der Waals surface area contributed by atoms with Crippen molar-refractivity contribution in [3.63, 3.8) is 0 Å². The number of aromatic hydroxyl groups is 1. The lowest BCUT2D eigenvalue weighted by atomic mass is 9.92. The van der Waals surface area contributed by atoms with E-state index in [1.54, 1.807) is 0 Å². The molecule has 0 atom stereocenters. The molecule has 4 bridgehead atoms. The van der Waals surface area contributed by atoms with Crippen LogP contribution in [0.2, 0.25) is 0 Å². The topological polar surface area (TPSA) is 32.6 Å². The summed E-state index contributed by atoms with van der Waals surface area (Å²) in [5.74, 6) is 0.414. The van der Waals surface area contributed by atoms with E-state index in [-0.39, 0.29) is 6.04 Å². The number of aryl methyl sites for hydroxylation is 4. The molecular weight excluding hydrogens is 270 g/mol. The second kappa shape index (κ2) is 6.35. The predicted octanol–water partition coefficient (Wildman–Crippen LogP) is 4.10. The number of hydrogen-bond donors (Lipinski definition) is 1. The van der Waals surface area contributed by atoms with Gasteiger partial charge < -0.3 is 5.11 Å². The van der Waals surface area contributed by atoms with E-state index in [9.17, 15) is 5.11 Å². The van der Waals surface area contributed by atoms with Crippen molar-refractivity contribution in [2.24, 2.45) is 4.99 Å². The van der Waals surface area contributed by atoms with Crippen LogP contribution in [0.4, 0.5) is 0 Å². The summed E-state index contributed by atoms with van der Waals surface area (Å²) < 4.78 is 0. The van der Waals surface area contributed by atoms with Crippen LogP contribution in [-0.4, -0.2) is 17.4 Å². The molecule has 4 aliphatic rings. The van der Waals surface area contributed by atoms with Gasteiger partial charge in [0.25, 0.3) is 0 Å². The van der Waals surface area contributed by atoms with E-state index in [2.05, 4.69) is 55.2 Å². The van der Waals surface area contributed by atoms with E-state index in [1.807, 2.05) is 6.21 Å². The minimum Gasteiger partial charge on any atom is -0.507 e. The fourth-order valence-corrected chi connectivity index (χ4v) is 2.91. The van der Waals surface area contributed by atoms with Crippen LogP contribution in [0.25, 0.3) is 0 Å². The van der Waals surface area contributed by atoms with Crippen LogP contribution in [0.3, 0.4) is 0 Å². The molecule has 114 valence electrons. The summed E-state index contributed by atoms with van der Waals surface area (Å²) in [6.07, 6.45) is 5.57. The fourth-order valence-electron chi connectivity index (χ4n) is 2.91. The second-order valence-electron chi connectivity index (χ2n) is 6.33. The third-order valence-electron chi connectivity index (χ3n) is 4.28. The van der Waals surface area contributed by atoms with Gasteiger partial charge in [0.15, 0.2) is 0 Å². The van der Waals surface area contributed by atoms with Crippen molar-refractivity contribution in [3.8, 4) is 5.75 Å². The Balaban J connectivity index is 2.03. The molecule has 2 aromatic carbocycles. The molecule has 6 rings (SSSR count). The maximum Gasteiger partial charge on any atom is 0.127 e. The van der Waals surface area contributed by atoms with Gasteiger partial charge in [-0.25, -0.2) is 0 Å². The zero-order valence-electron chi connectivity index (χ0n) is 13.3. The number of nitrogens with zero attached hydrogens (tertiary/aromatic N) is 1. The van der Waals surface area contributed by atoms with Gasteiger partial charge in [-0.3, -0.25) is 4.99 Å². The largest absolute Gasteiger partial charge is 0.507 e. The first-order valence-corrected chi connectivity index (χ1v) is 8.08. The molecule has 2 nitrogen and oxygen atoms in total. The van der Waals surface area contributed by atoms with Crippen LogP contribution in [0.15, 0.2) is 41.4 Å². The van der Waals surface area contributed by atoms with E-state index in [1.165, 1.54) is 16.7 Å². The van der Waals surface area contributed by atoms with Gasteiger partial charge in [0.1, 0.15) is 5.75 Å². The Morgan fingerprint density at radius 3 is 2.00 bits per heavy atom. The summed E-state index contributed by atoms with van der Waals surface area (Å²) in [6.45, 7) is 4.10. The Hall–Kier alpha value is -2.09. The van der Waals surface area contributed by atoms with Gasteiger partial charge in [-0.2, -0.15) is 0 Å². The van der Waals surface area contributed by atoms with E-state index < -0.39 is 0 Å². The summed E-state index contributed by atoms with van der Waals surface area (Å²) in [4.78, 5) is 4.48. The van der Waals surface area contributed by atoms with Crippen LogP contribution in [-0.2, 0) is 25.7 Å². The highest BCUT2D eigenvalue weighted by Gasteiger charge is 2.13. The Kier molecular flexibility index (Phi) is 4.28. The predicted molar refractivity (Wildman–Crippen MR) is 92.1 cm³/mol. The molecule has 0 fully saturated rings. The monoisotopic (exact) mass is 293 g/mol. The van der Waals surface area contributed by atoms with Crippen LogP contribution in [0, 0.1) is 0 Å². The molecule has 0 radical (unpaired) electrons. The molecule has 0 amide bonds. The molecule has 0 aliphatic heterocycles.